The minimum absolute atomic E-state index is 0.000186. The summed E-state index contributed by atoms with van der Waals surface area (Å²) < 4.78 is 5.19. The molecule has 3 N–H and O–H groups in total. The molecule has 28 heavy (non-hydrogen) atoms. The van der Waals surface area contributed by atoms with E-state index < -0.39 is 12.1 Å². The number of nitrogens with zero attached hydrogens (tertiary/aromatic N) is 1. The smallest absolute Gasteiger partial charge is 0.319 e. The van der Waals surface area contributed by atoms with Crippen molar-refractivity contribution >= 4 is 17.6 Å². The van der Waals surface area contributed by atoms with Gasteiger partial charge < -0.3 is 25.6 Å². The van der Waals surface area contributed by atoms with Gasteiger partial charge in [-0.15, -0.1) is 0 Å². The van der Waals surface area contributed by atoms with Crippen LogP contribution in [0.2, 0.25) is 0 Å². The van der Waals surface area contributed by atoms with Crippen LogP contribution in [0.4, 0.5) is 10.5 Å². The topological polar surface area (TPSA) is 82.7 Å². The standard InChI is InChI=1S/C21H28N4O3/c1-15(23-21(27)24-17-8-6-5-7-9-17)20(26)22-14-19(25(2)3)16-10-12-18(28-4)13-11-16/h5-13,15,19H,14H2,1-4H3,(H,22,26)(H2,23,24,27)/t15-,19+/m1/s1. The number of nitrogens with one attached hydrogen (secondary N) is 3. The van der Waals surface area contributed by atoms with Crippen molar-refractivity contribution in [2.24, 2.45) is 0 Å². The van der Waals surface area contributed by atoms with Crippen LogP contribution in [-0.2, 0) is 4.79 Å². The maximum Gasteiger partial charge on any atom is 0.319 e. The molecule has 7 nitrogen and oxygen atoms in total. The zero-order chi connectivity index (χ0) is 20.5. The van der Waals surface area contributed by atoms with Gasteiger partial charge in [0.2, 0.25) is 5.91 Å². The van der Waals surface area contributed by atoms with Crippen LogP contribution in [-0.4, -0.2) is 50.6 Å². The number of anilines is 1. The lowest BCUT2D eigenvalue weighted by Gasteiger charge is -2.26. The molecule has 0 saturated heterocycles. The van der Waals surface area contributed by atoms with E-state index in [9.17, 15) is 9.59 Å². The van der Waals surface area contributed by atoms with Gasteiger partial charge in [0.1, 0.15) is 11.8 Å². The molecule has 2 atom stereocenters. The molecular weight excluding hydrogens is 356 g/mol. The normalized spacial score (nSPS) is 12.8. The van der Waals surface area contributed by atoms with E-state index >= 15 is 0 Å². The zero-order valence-corrected chi connectivity index (χ0v) is 16.7. The van der Waals surface area contributed by atoms with E-state index in [2.05, 4.69) is 16.0 Å². The molecule has 2 aromatic carbocycles. The highest BCUT2D eigenvalue weighted by molar-refractivity contribution is 5.93. The molecule has 3 amide bonds. The minimum atomic E-state index is -0.664. The molecule has 0 fully saturated rings. The molecule has 2 aromatic rings. The number of carbonyl (C=O) groups is 2. The molecule has 0 unspecified atom stereocenters. The summed E-state index contributed by atoms with van der Waals surface area (Å²) in [5.41, 5.74) is 1.73. The van der Waals surface area contributed by atoms with Crippen LogP contribution in [0.1, 0.15) is 18.5 Å². The third kappa shape index (κ3) is 6.28. The predicted molar refractivity (Wildman–Crippen MR) is 110 cm³/mol. The van der Waals surface area contributed by atoms with E-state index in [1.54, 1.807) is 26.2 Å². The monoisotopic (exact) mass is 384 g/mol. The molecule has 0 spiro atoms. The summed E-state index contributed by atoms with van der Waals surface area (Å²) in [7, 11) is 5.53. The van der Waals surface area contributed by atoms with Crippen molar-refractivity contribution in [1.82, 2.24) is 15.5 Å². The van der Waals surface area contributed by atoms with Gasteiger partial charge in [0.05, 0.1) is 13.2 Å². The Hall–Kier alpha value is -3.06. The molecule has 0 aromatic heterocycles. The van der Waals surface area contributed by atoms with Gasteiger partial charge in [-0.3, -0.25) is 4.79 Å². The number of para-hydroxylation sites is 1. The summed E-state index contributed by atoms with van der Waals surface area (Å²) >= 11 is 0. The van der Waals surface area contributed by atoms with Crippen molar-refractivity contribution in [3.8, 4) is 5.75 Å². The van der Waals surface area contributed by atoms with Gasteiger partial charge in [0, 0.05) is 12.2 Å². The summed E-state index contributed by atoms with van der Waals surface area (Å²) in [6, 6.07) is 15.7. The highest BCUT2D eigenvalue weighted by Gasteiger charge is 2.19. The van der Waals surface area contributed by atoms with Crippen LogP contribution < -0.4 is 20.7 Å². The van der Waals surface area contributed by atoms with Gasteiger partial charge >= 0.3 is 6.03 Å². The molecule has 0 saturated carbocycles. The maximum atomic E-state index is 12.4. The van der Waals surface area contributed by atoms with Gasteiger partial charge in [-0.25, -0.2) is 4.79 Å². The van der Waals surface area contributed by atoms with Crippen LogP contribution in [0.15, 0.2) is 54.6 Å². The molecule has 7 heteroatoms. The Balaban J connectivity index is 1.87. The summed E-state index contributed by atoms with van der Waals surface area (Å²) in [6.45, 7) is 2.07. The Labute approximate surface area is 166 Å². The van der Waals surface area contributed by atoms with Crippen molar-refractivity contribution in [3.05, 3.63) is 60.2 Å². The van der Waals surface area contributed by atoms with Gasteiger partial charge in [0.15, 0.2) is 0 Å². The average Bonchev–Trinajstić information content (AvgIpc) is 2.68. The summed E-state index contributed by atoms with van der Waals surface area (Å²) in [4.78, 5) is 26.5. The lowest BCUT2D eigenvalue weighted by Crippen LogP contribution is -2.47. The number of ether oxygens (including phenoxy) is 1. The van der Waals surface area contributed by atoms with Crippen molar-refractivity contribution in [3.63, 3.8) is 0 Å². The predicted octanol–water partition coefficient (Wildman–Crippen LogP) is 2.62. The Morgan fingerprint density at radius 1 is 1.04 bits per heavy atom. The molecule has 2 rings (SSSR count). The lowest BCUT2D eigenvalue weighted by molar-refractivity contribution is -0.122. The number of hydrogen-bond acceptors (Lipinski definition) is 4. The minimum Gasteiger partial charge on any atom is -0.497 e. The molecule has 150 valence electrons. The van der Waals surface area contributed by atoms with E-state index in [0.717, 1.165) is 11.3 Å². The van der Waals surface area contributed by atoms with E-state index in [4.69, 9.17) is 4.74 Å². The number of benzene rings is 2. The fraction of sp³-hybridized carbons (Fsp3) is 0.333. The van der Waals surface area contributed by atoms with E-state index in [-0.39, 0.29) is 11.9 Å². The Bertz CT molecular complexity index is 763. The third-order valence-electron chi connectivity index (χ3n) is 4.37. The fourth-order valence-electron chi connectivity index (χ4n) is 2.73. The van der Waals surface area contributed by atoms with Gasteiger partial charge in [-0.2, -0.15) is 0 Å². The van der Waals surface area contributed by atoms with Crippen LogP contribution >= 0.6 is 0 Å². The van der Waals surface area contributed by atoms with Gasteiger partial charge in [-0.05, 0) is 50.8 Å². The number of carbonyl (C=O) groups excluding carboxylic acids is 2. The first-order valence-corrected chi connectivity index (χ1v) is 9.11. The third-order valence-corrected chi connectivity index (χ3v) is 4.37. The Morgan fingerprint density at radius 3 is 2.25 bits per heavy atom. The van der Waals surface area contributed by atoms with E-state index in [0.29, 0.717) is 12.2 Å². The van der Waals surface area contributed by atoms with E-state index in [1.165, 1.54) is 0 Å². The van der Waals surface area contributed by atoms with Crippen molar-refractivity contribution < 1.29 is 14.3 Å². The summed E-state index contributed by atoms with van der Waals surface area (Å²) in [5, 5.41) is 8.25. The van der Waals surface area contributed by atoms with Crippen LogP contribution in [0.25, 0.3) is 0 Å². The number of hydrogen-bond donors (Lipinski definition) is 3. The average molecular weight is 384 g/mol. The number of methoxy groups -OCH3 is 1. The molecule has 0 aliphatic rings. The molecule has 0 aliphatic carbocycles. The zero-order valence-electron chi connectivity index (χ0n) is 16.7. The second-order valence-corrected chi connectivity index (χ2v) is 6.68. The quantitative estimate of drug-likeness (QED) is 0.653. The molecular formula is C21H28N4O3. The first-order chi connectivity index (χ1) is 13.4. The second-order valence-electron chi connectivity index (χ2n) is 6.68. The molecule has 0 radical (unpaired) electrons. The highest BCUT2D eigenvalue weighted by Crippen LogP contribution is 2.20. The van der Waals surface area contributed by atoms with Crippen molar-refractivity contribution in [1.29, 1.82) is 0 Å². The first-order valence-electron chi connectivity index (χ1n) is 9.11. The van der Waals surface area contributed by atoms with Crippen molar-refractivity contribution in [2.75, 3.05) is 33.1 Å². The first kappa shape index (κ1) is 21.2. The number of rotatable bonds is 8. The fourth-order valence-corrected chi connectivity index (χ4v) is 2.73. The summed E-state index contributed by atoms with van der Waals surface area (Å²) in [5.74, 6) is 0.538. The Kier molecular flexibility index (Phi) is 7.83. The SMILES string of the molecule is COc1ccc([C@H](CNC(=O)[C@@H](C)NC(=O)Nc2ccccc2)N(C)C)cc1. The second kappa shape index (κ2) is 10.3. The number of amides is 3. The summed E-state index contributed by atoms with van der Waals surface area (Å²) in [6.07, 6.45) is 0. The van der Waals surface area contributed by atoms with Crippen molar-refractivity contribution in [2.45, 2.75) is 19.0 Å². The number of likely N-dealkylation sites (N-methyl/N-ethyl adjacent to an activating group) is 1. The van der Waals surface area contributed by atoms with Crippen LogP contribution in [0.3, 0.4) is 0 Å². The van der Waals surface area contributed by atoms with E-state index in [1.807, 2.05) is 61.5 Å². The Morgan fingerprint density at radius 2 is 1.68 bits per heavy atom. The maximum absolute atomic E-state index is 12.4. The molecule has 0 aliphatic heterocycles. The molecule has 0 heterocycles. The van der Waals surface area contributed by atoms with Crippen LogP contribution in [0.5, 0.6) is 5.75 Å². The van der Waals surface area contributed by atoms with Gasteiger partial charge in [0.25, 0.3) is 0 Å². The number of urea groups is 1. The molecule has 0 bridgehead atoms. The van der Waals surface area contributed by atoms with Crippen LogP contribution in [0, 0.1) is 0 Å². The largest absolute Gasteiger partial charge is 0.497 e. The highest BCUT2D eigenvalue weighted by atomic mass is 16.5. The lowest BCUT2D eigenvalue weighted by atomic mass is 10.1. The van der Waals surface area contributed by atoms with Gasteiger partial charge in [-0.1, -0.05) is 30.3 Å².